The van der Waals surface area contributed by atoms with Gasteiger partial charge in [0.2, 0.25) is 5.91 Å². The maximum Gasteiger partial charge on any atom is 0.328 e. The second-order valence-corrected chi connectivity index (χ2v) is 6.34. The van der Waals surface area contributed by atoms with Crippen molar-refractivity contribution >= 4 is 23.6 Å². The minimum Gasteiger partial charge on any atom is -0.459 e. The van der Waals surface area contributed by atoms with Gasteiger partial charge in [0.05, 0.1) is 5.75 Å². The Labute approximate surface area is 123 Å². The van der Waals surface area contributed by atoms with E-state index in [4.69, 9.17) is 16.2 Å². The van der Waals surface area contributed by atoms with Crippen molar-refractivity contribution < 1.29 is 14.3 Å². The number of esters is 1. The van der Waals surface area contributed by atoms with Crippen molar-refractivity contribution in [2.45, 2.75) is 37.3 Å². The number of ether oxygens (including phenoxy) is 1. The van der Waals surface area contributed by atoms with E-state index < -0.39 is 23.5 Å². The summed E-state index contributed by atoms with van der Waals surface area (Å²) >= 11 is 1.27. The van der Waals surface area contributed by atoms with Crippen molar-refractivity contribution in [3.8, 4) is 0 Å². The van der Waals surface area contributed by atoms with E-state index in [9.17, 15) is 9.59 Å². The lowest BCUT2D eigenvalue weighted by molar-refractivity contribution is -0.156. The van der Waals surface area contributed by atoms with E-state index in [1.165, 1.54) is 11.8 Å². The molecular formula is C14H19N2O3S. The molecule has 1 aromatic rings. The first-order chi connectivity index (χ1) is 9.19. The zero-order chi connectivity index (χ0) is 15.3. The molecule has 0 saturated carbocycles. The Morgan fingerprint density at radius 3 is 2.30 bits per heavy atom. The molecule has 1 amide bonds. The van der Waals surface area contributed by atoms with Gasteiger partial charge in [-0.05, 0) is 38.5 Å². The van der Waals surface area contributed by atoms with Crippen LogP contribution >= 0.6 is 11.8 Å². The predicted molar refractivity (Wildman–Crippen MR) is 78.0 cm³/mol. The lowest BCUT2D eigenvalue weighted by atomic mass is 10.1. The lowest BCUT2D eigenvalue weighted by Gasteiger charge is -2.22. The number of amides is 1. The molecule has 1 rings (SSSR count). The molecule has 0 aromatic heterocycles. The molecule has 1 atom stereocenters. The summed E-state index contributed by atoms with van der Waals surface area (Å²) in [5, 5.41) is 0. The van der Waals surface area contributed by atoms with E-state index in [2.05, 4.69) is 0 Å². The molecule has 1 unspecified atom stereocenters. The molecule has 0 aliphatic rings. The molecule has 109 valence electrons. The molecule has 0 aliphatic carbocycles. The van der Waals surface area contributed by atoms with Crippen LogP contribution in [-0.2, 0) is 14.3 Å². The Kier molecular flexibility index (Phi) is 5.59. The molecule has 0 bridgehead atoms. The van der Waals surface area contributed by atoms with Gasteiger partial charge < -0.3 is 10.5 Å². The summed E-state index contributed by atoms with van der Waals surface area (Å²) < 4.78 is 5.22. The first-order valence-corrected chi connectivity index (χ1v) is 7.13. The molecule has 20 heavy (non-hydrogen) atoms. The fourth-order valence-corrected chi connectivity index (χ4v) is 2.05. The Morgan fingerprint density at radius 1 is 1.30 bits per heavy atom. The molecule has 1 aromatic carbocycles. The van der Waals surface area contributed by atoms with Gasteiger partial charge in [-0.2, -0.15) is 0 Å². The SMILES string of the molecule is CC(C)(C)OC(=O)C(N)c1ccc(SCC([NH])=O)cc1. The highest BCUT2D eigenvalue weighted by Gasteiger charge is 2.23. The molecular weight excluding hydrogens is 276 g/mol. The first kappa shape index (κ1) is 16.5. The number of nitrogens with one attached hydrogen (secondary N) is 1. The van der Waals surface area contributed by atoms with Gasteiger partial charge in [0.1, 0.15) is 11.6 Å². The van der Waals surface area contributed by atoms with Gasteiger partial charge >= 0.3 is 5.97 Å². The van der Waals surface area contributed by atoms with Crippen LogP contribution in [0.2, 0.25) is 0 Å². The van der Waals surface area contributed by atoms with Crippen LogP contribution in [0, 0.1) is 0 Å². The van der Waals surface area contributed by atoms with Crippen molar-refractivity contribution in [2.24, 2.45) is 5.73 Å². The minimum atomic E-state index is -0.828. The van der Waals surface area contributed by atoms with Gasteiger partial charge in [0.25, 0.3) is 0 Å². The number of hydrogen-bond donors (Lipinski definition) is 1. The summed E-state index contributed by atoms with van der Waals surface area (Å²) in [6.45, 7) is 5.36. The fourth-order valence-electron chi connectivity index (χ4n) is 1.42. The van der Waals surface area contributed by atoms with Crippen molar-refractivity contribution in [3.63, 3.8) is 0 Å². The van der Waals surface area contributed by atoms with Gasteiger partial charge in [-0.15, -0.1) is 11.8 Å². The van der Waals surface area contributed by atoms with Crippen LogP contribution in [0.3, 0.4) is 0 Å². The van der Waals surface area contributed by atoms with Gasteiger partial charge in [0, 0.05) is 4.90 Å². The highest BCUT2D eigenvalue weighted by atomic mass is 32.2. The third-order valence-corrected chi connectivity index (χ3v) is 3.28. The average Bonchev–Trinajstić information content (AvgIpc) is 2.34. The Bertz CT molecular complexity index is 480. The van der Waals surface area contributed by atoms with Crippen LogP contribution in [0.15, 0.2) is 29.2 Å². The second-order valence-electron chi connectivity index (χ2n) is 5.29. The first-order valence-electron chi connectivity index (χ1n) is 6.14. The molecule has 5 nitrogen and oxygen atoms in total. The Morgan fingerprint density at radius 2 is 1.85 bits per heavy atom. The quantitative estimate of drug-likeness (QED) is 0.661. The smallest absolute Gasteiger partial charge is 0.328 e. The zero-order valence-corrected chi connectivity index (χ0v) is 12.6. The molecule has 0 saturated heterocycles. The molecule has 0 fully saturated rings. The Balaban J connectivity index is 2.68. The lowest BCUT2D eigenvalue weighted by Crippen LogP contribution is -2.31. The number of rotatable bonds is 5. The van der Waals surface area contributed by atoms with Crippen LogP contribution in [0.4, 0.5) is 0 Å². The van der Waals surface area contributed by atoms with Gasteiger partial charge in [-0.3, -0.25) is 10.5 Å². The maximum atomic E-state index is 11.8. The van der Waals surface area contributed by atoms with Crippen LogP contribution in [0.5, 0.6) is 0 Å². The third-order valence-electron chi connectivity index (χ3n) is 2.27. The summed E-state index contributed by atoms with van der Waals surface area (Å²) in [5.41, 5.74) is 12.8. The van der Waals surface area contributed by atoms with Gasteiger partial charge in [0.15, 0.2) is 0 Å². The van der Waals surface area contributed by atoms with Crippen LogP contribution < -0.4 is 11.5 Å². The molecule has 1 radical (unpaired) electrons. The third kappa shape index (κ3) is 5.63. The number of nitrogens with two attached hydrogens (primary N) is 1. The topological polar surface area (TPSA) is 93.2 Å². The summed E-state index contributed by atoms with van der Waals surface area (Å²) in [5.74, 6) is -0.985. The number of carbonyl (C=O) groups excluding carboxylic acids is 2. The standard InChI is InChI=1S/C14H19N2O3S/c1-14(2,3)19-13(18)12(16)9-4-6-10(7-5-9)20-8-11(15)17/h4-7,12,15H,8,16H2,1-3H3. The number of carbonyl (C=O) groups is 2. The zero-order valence-electron chi connectivity index (χ0n) is 11.8. The monoisotopic (exact) mass is 295 g/mol. The molecule has 3 N–H and O–H groups in total. The van der Waals surface area contributed by atoms with Crippen LogP contribution in [0.25, 0.3) is 0 Å². The average molecular weight is 295 g/mol. The van der Waals surface area contributed by atoms with Crippen molar-refractivity contribution in [2.75, 3.05) is 5.75 Å². The number of hydrogen-bond acceptors (Lipinski definition) is 5. The summed E-state index contributed by atoms with van der Waals surface area (Å²) in [7, 11) is 0. The normalized spacial score (nSPS) is 12.8. The summed E-state index contributed by atoms with van der Waals surface area (Å²) in [6, 6.07) is 6.17. The van der Waals surface area contributed by atoms with Crippen LogP contribution in [-0.4, -0.2) is 23.2 Å². The second kappa shape index (κ2) is 6.76. The highest BCUT2D eigenvalue weighted by Crippen LogP contribution is 2.21. The molecule has 0 spiro atoms. The maximum absolute atomic E-state index is 11.8. The van der Waals surface area contributed by atoms with Crippen molar-refractivity contribution in [1.29, 1.82) is 0 Å². The minimum absolute atomic E-state index is 0.109. The highest BCUT2D eigenvalue weighted by molar-refractivity contribution is 8.00. The predicted octanol–water partition coefficient (Wildman–Crippen LogP) is 1.93. The summed E-state index contributed by atoms with van der Waals surface area (Å²) in [6.07, 6.45) is 0. The van der Waals surface area contributed by atoms with Crippen molar-refractivity contribution in [1.82, 2.24) is 5.73 Å². The fraction of sp³-hybridized carbons (Fsp3) is 0.429. The van der Waals surface area contributed by atoms with Gasteiger partial charge in [-0.1, -0.05) is 12.1 Å². The van der Waals surface area contributed by atoms with E-state index in [0.717, 1.165) is 4.90 Å². The molecule has 6 heteroatoms. The van der Waals surface area contributed by atoms with E-state index in [1.807, 2.05) is 0 Å². The van der Waals surface area contributed by atoms with E-state index in [-0.39, 0.29) is 5.75 Å². The van der Waals surface area contributed by atoms with E-state index in [0.29, 0.717) is 5.56 Å². The number of benzene rings is 1. The van der Waals surface area contributed by atoms with E-state index >= 15 is 0 Å². The summed E-state index contributed by atoms with van der Waals surface area (Å²) in [4.78, 5) is 23.3. The molecule has 0 aliphatic heterocycles. The largest absolute Gasteiger partial charge is 0.459 e. The van der Waals surface area contributed by atoms with Gasteiger partial charge in [-0.25, -0.2) is 4.79 Å². The number of thioether (sulfide) groups is 1. The van der Waals surface area contributed by atoms with Crippen molar-refractivity contribution in [3.05, 3.63) is 29.8 Å². The Hall–Kier alpha value is -1.53. The van der Waals surface area contributed by atoms with Crippen LogP contribution in [0.1, 0.15) is 32.4 Å². The van der Waals surface area contributed by atoms with E-state index in [1.54, 1.807) is 45.0 Å². The molecule has 0 heterocycles.